The maximum absolute atomic E-state index is 13.5. The number of benzene rings is 2. The van der Waals surface area contributed by atoms with Gasteiger partial charge in [0.1, 0.15) is 17.4 Å². The van der Waals surface area contributed by atoms with E-state index in [4.69, 9.17) is 4.74 Å². The summed E-state index contributed by atoms with van der Waals surface area (Å²) in [7, 11) is 0. The lowest BCUT2D eigenvalue weighted by molar-refractivity contribution is 0.103. The van der Waals surface area contributed by atoms with Crippen LogP contribution in [0.2, 0.25) is 0 Å². The minimum absolute atomic E-state index is 0.148. The molecule has 0 fully saturated rings. The predicted molar refractivity (Wildman–Crippen MR) is 67.4 cm³/mol. The van der Waals surface area contributed by atoms with Gasteiger partial charge in [-0.2, -0.15) is 0 Å². The minimum Gasteiger partial charge on any atom is -0.494 e. The Morgan fingerprint density at radius 3 is 2.37 bits per heavy atom. The van der Waals surface area contributed by atoms with E-state index in [0.717, 1.165) is 12.1 Å². The smallest absolute Gasteiger partial charge is 0.195 e. The summed E-state index contributed by atoms with van der Waals surface area (Å²) < 4.78 is 31.5. The Bertz CT molecular complexity index is 592. The molecule has 0 bridgehead atoms. The van der Waals surface area contributed by atoms with Crippen molar-refractivity contribution in [3.8, 4) is 5.75 Å². The van der Waals surface area contributed by atoms with E-state index in [9.17, 15) is 13.6 Å². The summed E-state index contributed by atoms with van der Waals surface area (Å²) in [6.45, 7) is 2.38. The second kappa shape index (κ2) is 5.61. The molecule has 0 radical (unpaired) electrons. The lowest BCUT2D eigenvalue weighted by Crippen LogP contribution is -2.04. The molecule has 98 valence electrons. The molecule has 0 aromatic heterocycles. The Kier molecular flexibility index (Phi) is 3.90. The maximum atomic E-state index is 13.5. The molecule has 0 saturated carbocycles. The second-order valence-electron chi connectivity index (χ2n) is 3.91. The zero-order valence-corrected chi connectivity index (χ0v) is 10.3. The molecule has 0 heterocycles. The molecule has 0 aliphatic heterocycles. The molecule has 2 aromatic rings. The Labute approximate surface area is 109 Å². The van der Waals surface area contributed by atoms with E-state index < -0.39 is 17.4 Å². The molecule has 0 spiro atoms. The monoisotopic (exact) mass is 262 g/mol. The van der Waals surface area contributed by atoms with Crippen molar-refractivity contribution >= 4 is 5.78 Å². The summed E-state index contributed by atoms with van der Waals surface area (Å²) in [5.74, 6) is -1.42. The maximum Gasteiger partial charge on any atom is 0.195 e. The van der Waals surface area contributed by atoms with Gasteiger partial charge in [0.15, 0.2) is 5.78 Å². The summed E-state index contributed by atoms with van der Waals surface area (Å²) in [6, 6.07) is 9.28. The molecule has 2 rings (SSSR count). The van der Waals surface area contributed by atoms with Crippen molar-refractivity contribution in [3.05, 3.63) is 65.2 Å². The van der Waals surface area contributed by atoms with E-state index >= 15 is 0 Å². The van der Waals surface area contributed by atoms with Crippen molar-refractivity contribution in [1.29, 1.82) is 0 Å². The summed E-state index contributed by atoms with van der Waals surface area (Å²) in [6.07, 6.45) is 0. The Hall–Kier alpha value is -2.23. The molecule has 4 heteroatoms. The summed E-state index contributed by atoms with van der Waals surface area (Å²) in [5.41, 5.74) is 0.180. The van der Waals surface area contributed by atoms with Crippen LogP contribution in [0.3, 0.4) is 0 Å². The molecule has 0 N–H and O–H groups in total. The van der Waals surface area contributed by atoms with E-state index in [1.165, 1.54) is 0 Å². The number of hydrogen-bond donors (Lipinski definition) is 0. The molecule has 2 aromatic carbocycles. The van der Waals surface area contributed by atoms with Crippen molar-refractivity contribution in [3.63, 3.8) is 0 Å². The zero-order chi connectivity index (χ0) is 13.8. The van der Waals surface area contributed by atoms with Crippen LogP contribution in [-0.4, -0.2) is 12.4 Å². The largest absolute Gasteiger partial charge is 0.494 e. The highest BCUT2D eigenvalue weighted by Crippen LogP contribution is 2.18. The predicted octanol–water partition coefficient (Wildman–Crippen LogP) is 3.59. The van der Waals surface area contributed by atoms with Crippen molar-refractivity contribution < 1.29 is 18.3 Å². The zero-order valence-electron chi connectivity index (χ0n) is 10.3. The molecule has 19 heavy (non-hydrogen) atoms. The van der Waals surface area contributed by atoms with Gasteiger partial charge in [0, 0.05) is 11.6 Å². The summed E-state index contributed by atoms with van der Waals surface area (Å²) >= 11 is 0. The first-order valence-corrected chi connectivity index (χ1v) is 5.84. The van der Waals surface area contributed by atoms with E-state index in [-0.39, 0.29) is 5.56 Å². The fourth-order valence-corrected chi connectivity index (χ4v) is 1.70. The number of hydrogen-bond acceptors (Lipinski definition) is 2. The number of ketones is 1. The molecule has 0 saturated heterocycles. The molecule has 0 unspecified atom stereocenters. The van der Waals surface area contributed by atoms with Gasteiger partial charge in [-0.1, -0.05) is 0 Å². The Balaban J connectivity index is 2.28. The van der Waals surface area contributed by atoms with Gasteiger partial charge in [-0.25, -0.2) is 8.78 Å². The first kappa shape index (κ1) is 13.2. The fraction of sp³-hybridized carbons (Fsp3) is 0.133. The van der Waals surface area contributed by atoms with Gasteiger partial charge in [-0.05, 0) is 43.3 Å². The van der Waals surface area contributed by atoms with Gasteiger partial charge in [0.2, 0.25) is 0 Å². The van der Waals surface area contributed by atoms with E-state index in [0.29, 0.717) is 24.0 Å². The number of carbonyl (C=O) groups excluding carboxylic acids is 1. The minimum atomic E-state index is -0.862. The van der Waals surface area contributed by atoms with Crippen molar-refractivity contribution in [1.82, 2.24) is 0 Å². The fourth-order valence-electron chi connectivity index (χ4n) is 1.70. The third-order valence-electron chi connectivity index (χ3n) is 2.60. The van der Waals surface area contributed by atoms with Crippen LogP contribution in [0.25, 0.3) is 0 Å². The van der Waals surface area contributed by atoms with Crippen LogP contribution in [0.5, 0.6) is 5.75 Å². The third-order valence-corrected chi connectivity index (χ3v) is 2.60. The molecule has 0 atom stereocenters. The molecular formula is C15H12F2O2. The van der Waals surface area contributed by atoms with Crippen molar-refractivity contribution in [2.45, 2.75) is 6.92 Å². The average molecular weight is 262 g/mol. The van der Waals surface area contributed by atoms with Crippen LogP contribution in [0.15, 0.2) is 42.5 Å². The highest BCUT2D eigenvalue weighted by Gasteiger charge is 2.14. The normalized spacial score (nSPS) is 10.3. The van der Waals surface area contributed by atoms with E-state index in [1.54, 1.807) is 24.3 Å². The lowest BCUT2D eigenvalue weighted by Gasteiger charge is -2.05. The first-order valence-electron chi connectivity index (χ1n) is 5.84. The van der Waals surface area contributed by atoms with Crippen LogP contribution in [0.1, 0.15) is 22.8 Å². The standard InChI is InChI=1S/C15H12F2O2/c1-2-19-12-6-3-10(4-7-12)15(18)13-8-5-11(16)9-14(13)17/h3-9H,2H2,1H3. The third kappa shape index (κ3) is 2.96. The van der Waals surface area contributed by atoms with Crippen LogP contribution < -0.4 is 4.74 Å². The number of ether oxygens (including phenoxy) is 1. The number of carbonyl (C=O) groups is 1. The van der Waals surface area contributed by atoms with Crippen molar-refractivity contribution in [2.24, 2.45) is 0 Å². The molecule has 0 amide bonds. The molecular weight excluding hydrogens is 250 g/mol. The van der Waals surface area contributed by atoms with E-state index in [2.05, 4.69) is 0 Å². The van der Waals surface area contributed by atoms with Crippen LogP contribution in [0.4, 0.5) is 8.78 Å². The quantitative estimate of drug-likeness (QED) is 0.787. The molecule has 0 aliphatic rings. The summed E-state index contributed by atoms with van der Waals surface area (Å²) in [4.78, 5) is 12.0. The highest BCUT2D eigenvalue weighted by atomic mass is 19.1. The van der Waals surface area contributed by atoms with Crippen LogP contribution in [0, 0.1) is 11.6 Å². The van der Waals surface area contributed by atoms with E-state index in [1.807, 2.05) is 6.92 Å². The molecule has 2 nitrogen and oxygen atoms in total. The van der Waals surface area contributed by atoms with Crippen molar-refractivity contribution in [2.75, 3.05) is 6.61 Å². The SMILES string of the molecule is CCOc1ccc(C(=O)c2ccc(F)cc2F)cc1. The van der Waals surface area contributed by atoms with Crippen LogP contribution in [-0.2, 0) is 0 Å². The van der Waals surface area contributed by atoms with Gasteiger partial charge < -0.3 is 4.74 Å². The van der Waals surface area contributed by atoms with Gasteiger partial charge in [0.25, 0.3) is 0 Å². The highest BCUT2D eigenvalue weighted by molar-refractivity contribution is 6.09. The summed E-state index contributed by atoms with van der Waals surface area (Å²) in [5, 5.41) is 0. The first-order chi connectivity index (χ1) is 9.11. The number of rotatable bonds is 4. The van der Waals surface area contributed by atoms with Gasteiger partial charge >= 0.3 is 0 Å². The van der Waals surface area contributed by atoms with Crippen LogP contribution >= 0.6 is 0 Å². The Morgan fingerprint density at radius 1 is 1.11 bits per heavy atom. The average Bonchev–Trinajstić information content (AvgIpc) is 2.39. The molecule has 0 aliphatic carbocycles. The Morgan fingerprint density at radius 2 is 1.79 bits per heavy atom. The topological polar surface area (TPSA) is 26.3 Å². The second-order valence-corrected chi connectivity index (χ2v) is 3.91. The van der Waals surface area contributed by atoms with Gasteiger partial charge in [-0.3, -0.25) is 4.79 Å². The van der Waals surface area contributed by atoms with Gasteiger partial charge in [-0.15, -0.1) is 0 Å². The van der Waals surface area contributed by atoms with Gasteiger partial charge in [0.05, 0.1) is 12.2 Å². The number of halogens is 2. The lowest BCUT2D eigenvalue weighted by atomic mass is 10.0.